The normalized spacial score (nSPS) is 21.0. The Labute approximate surface area is 302 Å². The molecule has 4 aromatic carbocycles. The smallest absolute Gasteiger partial charge is 0.257 e. The number of hydrazone groups is 1. The van der Waals surface area contributed by atoms with E-state index in [9.17, 15) is 15.0 Å². The fourth-order valence-electron chi connectivity index (χ4n) is 7.65. The Balaban J connectivity index is 1.24. The number of fused-ring (bicyclic) bond motifs is 2. The highest BCUT2D eigenvalue weighted by molar-refractivity contribution is 6.30. The number of hydrogen-bond acceptors (Lipinski definition) is 7. The van der Waals surface area contributed by atoms with E-state index in [1.54, 1.807) is 23.2 Å². The maximum atomic E-state index is 14.6. The van der Waals surface area contributed by atoms with Crippen LogP contribution in [0, 0.1) is 5.92 Å². The van der Waals surface area contributed by atoms with Gasteiger partial charge in [0.15, 0.2) is 23.0 Å². The zero-order valence-corrected chi connectivity index (χ0v) is 29.5. The van der Waals surface area contributed by atoms with Crippen molar-refractivity contribution in [2.24, 2.45) is 11.0 Å². The van der Waals surface area contributed by atoms with Gasteiger partial charge in [-0.05, 0) is 120 Å². The fourth-order valence-corrected chi connectivity index (χ4v) is 7.91. The molecule has 1 fully saturated rings. The standard InChI is InChI=1S/C40H39Cl2N3O5/c1-49-36-15-8-25(20-34(36)46)19-33-32-22-35(47)37(50-2)21-27(32)16-17-44(33)23-38(48)45-40(26-9-13-30(42)14-10-26)31-5-3-4-28(39(31)43-45)18-24-6-11-29(41)12-7-24/h6-15,18,20-22,31,33,40,46-47H,3-5,16-17,19,23H2,1-2H3/b28-18-. The van der Waals surface area contributed by atoms with Crippen LogP contribution in [0.4, 0.5) is 0 Å². The number of phenolic OH excluding ortho intramolecular Hbond substituents is 2. The molecule has 50 heavy (non-hydrogen) atoms. The third-order valence-corrected chi connectivity index (χ3v) is 10.6. The molecule has 258 valence electrons. The average Bonchev–Trinajstić information content (AvgIpc) is 3.51. The summed E-state index contributed by atoms with van der Waals surface area (Å²) in [6.45, 7) is 0.726. The predicted octanol–water partition coefficient (Wildman–Crippen LogP) is 8.39. The molecule has 1 amide bonds. The number of halogens is 2. The number of carbonyl (C=O) groups excluding carboxylic acids is 1. The Hall–Kier alpha value is -4.50. The number of allylic oxidation sites excluding steroid dienone is 1. The minimum Gasteiger partial charge on any atom is -0.504 e. The van der Waals surface area contributed by atoms with E-state index in [-0.39, 0.29) is 42.0 Å². The average molecular weight is 713 g/mol. The monoisotopic (exact) mass is 711 g/mol. The van der Waals surface area contributed by atoms with Crippen LogP contribution < -0.4 is 9.47 Å². The van der Waals surface area contributed by atoms with Crippen molar-refractivity contribution in [2.75, 3.05) is 27.3 Å². The second-order valence-electron chi connectivity index (χ2n) is 13.1. The van der Waals surface area contributed by atoms with E-state index in [2.05, 4.69) is 11.0 Å². The summed E-state index contributed by atoms with van der Waals surface area (Å²) >= 11 is 12.5. The zero-order valence-electron chi connectivity index (χ0n) is 28.0. The molecule has 2 heterocycles. The highest BCUT2D eigenvalue weighted by Crippen LogP contribution is 2.45. The summed E-state index contributed by atoms with van der Waals surface area (Å²) in [6, 6.07) is 23.9. The molecule has 7 rings (SSSR count). The third kappa shape index (κ3) is 6.80. The van der Waals surface area contributed by atoms with E-state index in [0.717, 1.165) is 58.4 Å². The number of ether oxygens (including phenoxy) is 2. The lowest BCUT2D eigenvalue weighted by Gasteiger charge is -2.38. The van der Waals surface area contributed by atoms with Crippen LogP contribution in [0.1, 0.15) is 59.2 Å². The minimum atomic E-state index is -0.272. The van der Waals surface area contributed by atoms with Gasteiger partial charge in [0.1, 0.15) is 0 Å². The van der Waals surface area contributed by atoms with Gasteiger partial charge in [-0.2, -0.15) is 5.10 Å². The molecule has 8 nitrogen and oxygen atoms in total. The highest BCUT2D eigenvalue weighted by Gasteiger charge is 2.44. The van der Waals surface area contributed by atoms with Gasteiger partial charge in [0, 0.05) is 28.5 Å². The maximum absolute atomic E-state index is 14.6. The van der Waals surface area contributed by atoms with Crippen LogP contribution in [-0.4, -0.2) is 59.0 Å². The molecule has 3 unspecified atom stereocenters. The van der Waals surface area contributed by atoms with Crippen LogP contribution in [0.3, 0.4) is 0 Å². The molecule has 1 saturated carbocycles. The van der Waals surface area contributed by atoms with Gasteiger partial charge in [-0.1, -0.05) is 53.5 Å². The van der Waals surface area contributed by atoms with Gasteiger partial charge < -0.3 is 19.7 Å². The van der Waals surface area contributed by atoms with Gasteiger partial charge in [0.25, 0.3) is 5.91 Å². The largest absolute Gasteiger partial charge is 0.504 e. The van der Waals surface area contributed by atoms with Crippen molar-refractivity contribution in [3.8, 4) is 23.0 Å². The molecule has 10 heteroatoms. The molecule has 0 radical (unpaired) electrons. The SMILES string of the molecule is COc1ccc(CC2c3cc(O)c(OC)cc3CCN2CC(=O)N2N=C3/C(=C\c4ccc(Cl)cc4)CCCC3C2c2ccc(Cl)cc2)cc1O. The van der Waals surface area contributed by atoms with Gasteiger partial charge in [-0.15, -0.1) is 0 Å². The summed E-state index contributed by atoms with van der Waals surface area (Å²) in [7, 11) is 3.05. The van der Waals surface area contributed by atoms with Crippen LogP contribution in [0.25, 0.3) is 6.08 Å². The molecule has 3 atom stereocenters. The number of benzene rings is 4. The first-order valence-electron chi connectivity index (χ1n) is 16.8. The molecular formula is C40H39Cl2N3O5. The summed E-state index contributed by atoms with van der Waals surface area (Å²) in [5, 5.41) is 29.5. The van der Waals surface area contributed by atoms with E-state index in [1.165, 1.54) is 14.2 Å². The summed E-state index contributed by atoms with van der Waals surface area (Å²) in [5.74, 6) is 0.820. The molecule has 2 N–H and O–H groups in total. The second kappa shape index (κ2) is 14.4. The van der Waals surface area contributed by atoms with E-state index in [4.69, 9.17) is 37.8 Å². The molecule has 2 aliphatic heterocycles. The van der Waals surface area contributed by atoms with Crippen LogP contribution in [0.5, 0.6) is 23.0 Å². The van der Waals surface area contributed by atoms with Gasteiger partial charge in [-0.3, -0.25) is 9.69 Å². The lowest BCUT2D eigenvalue weighted by atomic mass is 9.77. The lowest BCUT2D eigenvalue weighted by molar-refractivity contribution is -0.135. The van der Waals surface area contributed by atoms with E-state index in [1.807, 2.05) is 60.7 Å². The summed E-state index contributed by atoms with van der Waals surface area (Å²) < 4.78 is 10.7. The van der Waals surface area contributed by atoms with Crippen LogP contribution in [0.2, 0.25) is 10.0 Å². The van der Waals surface area contributed by atoms with Gasteiger partial charge in [0.2, 0.25) is 0 Å². The molecular weight excluding hydrogens is 673 g/mol. The molecule has 1 aliphatic carbocycles. The van der Waals surface area contributed by atoms with Crippen LogP contribution >= 0.6 is 23.2 Å². The Morgan fingerprint density at radius 3 is 2.30 bits per heavy atom. The van der Waals surface area contributed by atoms with Gasteiger partial charge in [0.05, 0.1) is 32.5 Å². The summed E-state index contributed by atoms with van der Waals surface area (Å²) in [5.41, 5.74) is 6.95. The highest BCUT2D eigenvalue weighted by atomic mass is 35.5. The molecule has 4 aromatic rings. The number of rotatable bonds is 8. The summed E-state index contributed by atoms with van der Waals surface area (Å²) in [6.07, 6.45) is 6.11. The van der Waals surface area contributed by atoms with Crippen molar-refractivity contribution < 1.29 is 24.5 Å². The number of aromatic hydroxyl groups is 2. The van der Waals surface area contributed by atoms with Crippen molar-refractivity contribution in [3.63, 3.8) is 0 Å². The number of methoxy groups -OCH3 is 2. The Morgan fingerprint density at radius 2 is 1.60 bits per heavy atom. The molecule has 0 bridgehead atoms. The quantitative estimate of drug-likeness (QED) is 0.191. The van der Waals surface area contributed by atoms with E-state index >= 15 is 0 Å². The van der Waals surface area contributed by atoms with Crippen LogP contribution in [-0.2, 0) is 17.6 Å². The van der Waals surface area contributed by atoms with Crippen molar-refractivity contribution in [3.05, 3.63) is 122 Å². The first-order valence-corrected chi connectivity index (χ1v) is 17.6. The summed E-state index contributed by atoms with van der Waals surface area (Å²) in [4.78, 5) is 16.8. The third-order valence-electron chi connectivity index (χ3n) is 10.1. The number of nitrogens with zero attached hydrogens (tertiary/aromatic N) is 3. The Morgan fingerprint density at radius 1 is 0.900 bits per heavy atom. The maximum Gasteiger partial charge on any atom is 0.257 e. The molecule has 0 spiro atoms. The van der Waals surface area contributed by atoms with Gasteiger partial charge in [-0.25, -0.2) is 5.01 Å². The lowest BCUT2D eigenvalue weighted by Crippen LogP contribution is -2.44. The number of carbonyl (C=O) groups is 1. The molecule has 0 saturated heterocycles. The van der Waals surface area contributed by atoms with Crippen molar-refractivity contribution >= 4 is 40.9 Å². The first kappa shape index (κ1) is 34.0. The van der Waals surface area contributed by atoms with Gasteiger partial charge >= 0.3 is 0 Å². The minimum absolute atomic E-state index is 0.0389. The number of hydrogen-bond donors (Lipinski definition) is 2. The topological polar surface area (TPSA) is 94.8 Å². The molecule has 3 aliphatic rings. The molecule has 0 aromatic heterocycles. The first-order chi connectivity index (χ1) is 24.2. The van der Waals surface area contributed by atoms with Crippen LogP contribution in [0.15, 0.2) is 89.5 Å². The number of phenols is 2. The zero-order chi connectivity index (χ0) is 34.9. The Bertz CT molecular complexity index is 1960. The van der Waals surface area contributed by atoms with Crippen molar-refractivity contribution in [1.82, 2.24) is 9.91 Å². The Kier molecular flexibility index (Phi) is 9.78. The number of amides is 1. The fraction of sp³-hybridized carbons (Fsp3) is 0.300. The van der Waals surface area contributed by atoms with Crippen molar-refractivity contribution in [2.45, 2.75) is 44.2 Å². The van der Waals surface area contributed by atoms with E-state index in [0.29, 0.717) is 40.9 Å². The van der Waals surface area contributed by atoms with E-state index < -0.39 is 0 Å². The van der Waals surface area contributed by atoms with Crippen molar-refractivity contribution in [1.29, 1.82) is 0 Å². The second-order valence-corrected chi connectivity index (χ2v) is 14.0. The predicted molar refractivity (Wildman–Crippen MR) is 196 cm³/mol.